The summed E-state index contributed by atoms with van der Waals surface area (Å²) in [4.78, 5) is 15.6. The molecular formula is C44H35BrN8O. The van der Waals surface area contributed by atoms with E-state index in [1.165, 1.54) is 0 Å². The van der Waals surface area contributed by atoms with Crippen LogP contribution in [0.2, 0.25) is 0 Å². The fourth-order valence-electron chi connectivity index (χ4n) is 7.67. The highest BCUT2D eigenvalue weighted by molar-refractivity contribution is 9.10. The zero-order valence-electron chi connectivity index (χ0n) is 29.5. The van der Waals surface area contributed by atoms with Crippen LogP contribution in [0.25, 0.3) is 44.8 Å². The van der Waals surface area contributed by atoms with Crippen molar-refractivity contribution in [2.75, 3.05) is 0 Å². The third-order valence-electron chi connectivity index (χ3n) is 10.2. The van der Waals surface area contributed by atoms with E-state index in [0.717, 1.165) is 85.1 Å². The lowest BCUT2D eigenvalue weighted by molar-refractivity contribution is 0.396. The summed E-state index contributed by atoms with van der Waals surface area (Å²) in [6.07, 6.45) is 9.86. The van der Waals surface area contributed by atoms with Gasteiger partial charge in [-0.25, -0.2) is 15.0 Å². The smallest absolute Gasteiger partial charge is 0.205 e. The van der Waals surface area contributed by atoms with Crippen LogP contribution in [0.1, 0.15) is 47.8 Å². The van der Waals surface area contributed by atoms with Gasteiger partial charge in [-0.15, -0.1) is 15.0 Å². The van der Waals surface area contributed by atoms with Crippen LogP contribution in [-0.2, 0) is 18.5 Å². The van der Waals surface area contributed by atoms with Gasteiger partial charge < -0.3 is 8.98 Å². The summed E-state index contributed by atoms with van der Waals surface area (Å²) in [5.74, 6) is 1.50. The molecule has 9 rings (SSSR count). The maximum Gasteiger partial charge on any atom is 0.205 e. The molecule has 0 bridgehead atoms. The zero-order chi connectivity index (χ0) is 36.5. The molecular weight excluding hydrogens is 736 g/mol. The standard InChI is InChI=1S/C44H35BrN8O/c1-2-3-23-39-48-43-38(26-46-29-47-43)52(39)27-36-33-24-25-54-28-37(33)41(45)40(36)34-21-13-14-22-35(34)42-49-51-53(50-42)44(30-15-7-4-8-16-30,31-17-9-5-10-18-31)32-19-11-6-12-20-32/h4-22,24-26,28-29H,2-3,23,27H2,1H3. The number of hydrogen-bond acceptors (Lipinski definition) is 7. The number of benzene rings is 4. The minimum absolute atomic E-state index is 0.510. The molecule has 264 valence electrons. The third-order valence-corrected chi connectivity index (χ3v) is 11.0. The fourth-order valence-corrected chi connectivity index (χ4v) is 8.43. The van der Waals surface area contributed by atoms with Crippen molar-refractivity contribution in [3.63, 3.8) is 0 Å². The van der Waals surface area contributed by atoms with Gasteiger partial charge >= 0.3 is 0 Å². The summed E-state index contributed by atoms with van der Waals surface area (Å²) in [5, 5.41) is 15.0. The van der Waals surface area contributed by atoms with E-state index in [1.54, 1.807) is 23.7 Å². The summed E-state index contributed by atoms with van der Waals surface area (Å²) >= 11 is 4.02. The summed E-state index contributed by atoms with van der Waals surface area (Å²) in [6, 6.07) is 41.5. The van der Waals surface area contributed by atoms with E-state index in [2.05, 4.69) is 128 Å². The molecule has 1 aliphatic carbocycles. The van der Waals surface area contributed by atoms with Gasteiger partial charge in [0.25, 0.3) is 0 Å². The molecule has 0 saturated carbocycles. The molecule has 4 heterocycles. The SMILES string of the molecule is CCCCc1nc2ncncc2n1Cc1c2ccocc-2c(Br)c1-c1ccccc1-c1nnn(C(c2ccccc2)(c2ccccc2)c2ccccc2)n1. The maximum absolute atomic E-state index is 5.73. The highest BCUT2D eigenvalue weighted by atomic mass is 79.9. The molecule has 0 radical (unpaired) electrons. The Hall–Kier alpha value is -6.26. The molecule has 10 heteroatoms. The summed E-state index contributed by atoms with van der Waals surface area (Å²) < 4.78 is 8.92. The predicted molar refractivity (Wildman–Crippen MR) is 213 cm³/mol. The molecule has 2 aliphatic rings. The molecule has 0 saturated heterocycles. The van der Waals surface area contributed by atoms with Crippen molar-refractivity contribution in [1.82, 2.24) is 39.7 Å². The number of hydrogen-bond donors (Lipinski definition) is 0. The first-order chi connectivity index (χ1) is 26.7. The van der Waals surface area contributed by atoms with Crippen LogP contribution in [0.5, 0.6) is 0 Å². The number of aromatic nitrogens is 8. The van der Waals surface area contributed by atoms with Gasteiger partial charge in [0.1, 0.15) is 17.7 Å². The van der Waals surface area contributed by atoms with E-state index in [4.69, 9.17) is 24.8 Å². The Kier molecular flexibility index (Phi) is 8.88. The van der Waals surface area contributed by atoms with E-state index < -0.39 is 5.54 Å². The van der Waals surface area contributed by atoms with Crippen molar-refractivity contribution in [3.05, 3.63) is 179 Å². The largest absolute Gasteiger partial charge is 0.472 e. The second kappa shape index (κ2) is 14.3. The van der Waals surface area contributed by atoms with E-state index >= 15 is 0 Å². The quantitative estimate of drug-likeness (QED) is 0.121. The first kappa shape index (κ1) is 33.6. The third kappa shape index (κ3) is 5.61. The van der Waals surface area contributed by atoms with Crippen LogP contribution in [0.3, 0.4) is 0 Å². The first-order valence-corrected chi connectivity index (χ1v) is 18.9. The number of fused-ring (bicyclic) bond motifs is 2. The summed E-state index contributed by atoms with van der Waals surface area (Å²) in [6.45, 7) is 2.75. The van der Waals surface area contributed by atoms with Crippen LogP contribution in [0.15, 0.2) is 155 Å². The van der Waals surface area contributed by atoms with Gasteiger partial charge in [0, 0.05) is 27.6 Å². The fraction of sp³-hybridized carbons (Fsp3) is 0.136. The Morgan fingerprint density at radius 1 is 0.741 bits per heavy atom. The number of nitrogens with zero attached hydrogens (tertiary/aromatic N) is 8. The Morgan fingerprint density at radius 2 is 1.39 bits per heavy atom. The molecule has 3 aromatic heterocycles. The molecule has 0 fully saturated rings. The minimum atomic E-state index is -0.897. The van der Waals surface area contributed by atoms with Gasteiger partial charge in [-0.05, 0) is 67.0 Å². The summed E-state index contributed by atoms with van der Waals surface area (Å²) in [5.41, 5.74) is 9.77. The molecule has 4 aromatic carbocycles. The van der Waals surface area contributed by atoms with E-state index in [-0.39, 0.29) is 0 Å². The van der Waals surface area contributed by atoms with Gasteiger partial charge in [0.15, 0.2) is 11.2 Å². The highest BCUT2D eigenvalue weighted by Crippen LogP contribution is 2.49. The lowest BCUT2D eigenvalue weighted by Gasteiger charge is -2.34. The number of tetrazole rings is 1. The Labute approximate surface area is 320 Å². The molecule has 0 N–H and O–H groups in total. The number of aryl methyl sites for hydroxylation is 1. The molecule has 0 unspecified atom stereocenters. The Bertz CT molecular complexity index is 2550. The van der Waals surface area contributed by atoms with Gasteiger partial charge in [-0.1, -0.05) is 129 Å². The highest BCUT2D eigenvalue weighted by Gasteiger charge is 2.41. The van der Waals surface area contributed by atoms with E-state index in [1.807, 2.05) is 36.5 Å². The van der Waals surface area contributed by atoms with Crippen molar-refractivity contribution in [1.29, 1.82) is 0 Å². The second-order valence-corrected chi connectivity index (χ2v) is 14.1. The normalized spacial score (nSPS) is 11.8. The second-order valence-electron chi connectivity index (χ2n) is 13.3. The monoisotopic (exact) mass is 770 g/mol. The number of halogens is 1. The molecule has 1 aliphatic heterocycles. The zero-order valence-corrected chi connectivity index (χ0v) is 31.1. The van der Waals surface area contributed by atoms with Crippen molar-refractivity contribution in [2.45, 2.75) is 38.3 Å². The molecule has 9 nitrogen and oxygen atoms in total. The van der Waals surface area contributed by atoms with Gasteiger partial charge in [-0.3, -0.25) is 0 Å². The van der Waals surface area contributed by atoms with E-state index in [0.29, 0.717) is 18.0 Å². The average Bonchev–Trinajstić information content (AvgIpc) is 3.94. The number of unbranched alkanes of at least 4 members (excludes halogenated alkanes) is 1. The molecule has 0 atom stereocenters. The average molecular weight is 772 g/mol. The Morgan fingerprint density at radius 3 is 2.06 bits per heavy atom. The number of rotatable bonds is 11. The van der Waals surface area contributed by atoms with Gasteiger partial charge in [0.05, 0.1) is 25.3 Å². The lowest BCUT2D eigenvalue weighted by Crippen LogP contribution is -2.39. The van der Waals surface area contributed by atoms with Crippen LogP contribution in [-0.4, -0.2) is 39.7 Å². The van der Waals surface area contributed by atoms with Crippen LogP contribution in [0, 0.1) is 0 Å². The minimum Gasteiger partial charge on any atom is -0.472 e. The van der Waals surface area contributed by atoms with Gasteiger partial charge in [0.2, 0.25) is 5.82 Å². The molecule has 7 aromatic rings. The molecule has 54 heavy (non-hydrogen) atoms. The predicted octanol–water partition coefficient (Wildman–Crippen LogP) is 9.84. The molecule has 0 amide bonds. The van der Waals surface area contributed by atoms with Crippen LogP contribution >= 0.6 is 15.9 Å². The maximum atomic E-state index is 5.73. The lowest BCUT2D eigenvalue weighted by atomic mass is 9.77. The van der Waals surface area contributed by atoms with Crippen LogP contribution in [0.4, 0.5) is 0 Å². The summed E-state index contributed by atoms with van der Waals surface area (Å²) in [7, 11) is 0. The number of imidazole rings is 1. The van der Waals surface area contributed by atoms with Crippen molar-refractivity contribution >= 4 is 27.1 Å². The van der Waals surface area contributed by atoms with E-state index in [9.17, 15) is 0 Å². The van der Waals surface area contributed by atoms with Crippen molar-refractivity contribution in [3.8, 4) is 33.6 Å². The molecule has 0 spiro atoms. The Balaban J connectivity index is 1.24. The van der Waals surface area contributed by atoms with Crippen LogP contribution < -0.4 is 0 Å². The van der Waals surface area contributed by atoms with Crippen molar-refractivity contribution < 1.29 is 4.42 Å². The van der Waals surface area contributed by atoms with Gasteiger partial charge in [-0.2, -0.15) is 0 Å². The topological polar surface area (TPSA) is 100 Å². The first-order valence-electron chi connectivity index (χ1n) is 18.1. The van der Waals surface area contributed by atoms with Crippen molar-refractivity contribution in [2.24, 2.45) is 0 Å².